The van der Waals surface area contributed by atoms with Gasteiger partial charge in [0.1, 0.15) is 5.75 Å². The summed E-state index contributed by atoms with van der Waals surface area (Å²) >= 11 is 0. The average Bonchev–Trinajstić information content (AvgIpc) is 2.26. The molecule has 0 saturated heterocycles. The molecular formula is C11H5F5O2. The van der Waals surface area contributed by atoms with E-state index in [1.807, 2.05) is 0 Å². The molecule has 0 unspecified atom stereocenters. The minimum absolute atomic E-state index is 0.282. The lowest BCUT2D eigenvalue weighted by Crippen LogP contribution is -2.41. The van der Waals surface area contributed by atoms with Crippen molar-refractivity contribution in [1.29, 1.82) is 0 Å². The van der Waals surface area contributed by atoms with Gasteiger partial charge in [0.15, 0.2) is 6.29 Å². The van der Waals surface area contributed by atoms with Crippen molar-refractivity contribution in [1.82, 2.24) is 0 Å². The third-order valence-electron chi connectivity index (χ3n) is 1.71. The molecule has 0 N–H and O–H groups in total. The molecule has 96 valence electrons. The van der Waals surface area contributed by atoms with Crippen LogP contribution in [0.5, 0.6) is 5.75 Å². The summed E-state index contributed by atoms with van der Waals surface area (Å²) in [6.07, 6.45) is -10.7. The van der Waals surface area contributed by atoms with Crippen LogP contribution in [-0.4, -0.2) is 18.6 Å². The Bertz CT molecular complexity index is 479. The Labute approximate surface area is 98.4 Å². The van der Waals surface area contributed by atoms with Crippen molar-refractivity contribution in [3.8, 4) is 17.6 Å². The van der Waals surface area contributed by atoms with Crippen LogP contribution in [0, 0.1) is 11.8 Å². The SMILES string of the molecule is O=CC#Cc1ccc(OC(F)(F)C(F)(F)F)cc1. The largest absolute Gasteiger partial charge is 0.499 e. The summed E-state index contributed by atoms with van der Waals surface area (Å²) in [4.78, 5) is 9.92. The normalized spacial score (nSPS) is 11.4. The van der Waals surface area contributed by atoms with E-state index in [1.165, 1.54) is 0 Å². The second-order valence-electron chi connectivity index (χ2n) is 3.03. The van der Waals surface area contributed by atoms with Gasteiger partial charge in [-0.05, 0) is 30.2 Å². The van der Waals surface area contributed by atoms with Gasteiger partial charge >= 0.3 is 12.3 Å². The topological polar surface area (TPSA) is 26.3 Å². The number of carbonyl (C=O) groups excluding carboxylic acids is 1. The molecule has 1 rings (SSSR count). The highest BCUT2D eigenvalue weighted by Gasteiger charge is 2.61. The molecule has 18 heavy (non-hydrogen) atoms. The first-order valence-corrected chi connectivity index (χ1v) is 4.45. The Kier molecular flexibility index (Phi) is 3.91. The fraction of sp³-hybridized carbons (Fsp3) is 0.182. The zero-order chi connectivity index (χ0) is 13.8. The quantitative estimate of drug-likeness (QED) is 0.466. The van der Waals surface area contributed by atoms with Crippen LogP contribution in [0.2, 0.25) is 0 Å². The number of halogens is 5. The van der Waals surface area contributed by atoms with Gasteiger partial charge in [-0.2, -0.15) is 22.0 Å². The van der Waals surface area contributed by atoms with Gasteiger partial charge in [-0.25, -0.2) is 0 Å². The number of aldehydes is 1. The summed E-state index contributed by atoms with van der Waals surface area (Å²) in [6.45, 7) is 0. The van der Waals surface area contributed by atoms with Crippen molar-refractivity contribution < 1.29 is 31.5 Å². The minimum atomic E-state index is -5.79. The van der Waals surface area contributed by atoms with Gasteiger partial charge in [0.25, 0.3) is 0 Å². The van der Waals surface area contributed by atoms with Crippen molar-refractivity contribution in [3.05, 3.63) is 29.8 Å². The molecule has 0 heterocycles. The van der Waals surface area contributed by atoms with Gasteiger partial charge in [-0.1, -0.05) is 5.92 Å². The number of benzene rings is 1. The second kappa shape index (κ2) is 5.04. The highest BCUT2D eigenvalue weighted by atomic mass is 19.4. The van der Waals surface area contributed by atoms with Crippen LogP contribution < -0.4 is 4.74 Å². The first-order valence-electron chi connectivity index (χ1n) is 4.45. The third kappa shape index (κ3) is 3.45. The number of hydrogen-bond donors (Lipinski definition) is 0. The number of carbonyl (C=O) groups is 1. The first kappa shape index (κ1) is 14.0. The summed E-state index contributed by atoms with van der Waals surface area (Å²) in [5.74, 6) is 3.73. The highest BCUT2D eigenvalue weighted by molar-refractivity contribution is 5.73. The van der Waals surface area contributed by atoms with Gasteiger partial charge in [0.2, 0.25) is 0 Å². The lowest BCUT2D eigenvalue weighted by molar-refractivity contribution is -0.360. The van der Waals surface area contributed by atoms with Crippen LogP contribution >= 0.6 is 0 Å². The molecule has 2 nitrogen and oxygen atoms in total. The zero-order valence-corrected chi connectivity index (χ0v) is 8.59. The molecule has 0 atom stereocenters. The predicted molar refractivity (Wildman–Crippen MR) is 51.0 cm³/mol. The van der Waals surface area contributed by atoms with Gasteiger partial charge in [-0.3, -0.25) is 4.79 Å². The Balaban J connectivity index is 2.84. The fourth-order valence-electron chi connectivity index (χ4n) is 0.925. The molecule has 1 aromatic rings. The van der Waals surface area contributed by atoms with E-state index in [1.54, 1.807) is 0 Å². The first-order chi connectivity index (χ1) is 8.26. The maximum absolute atomic E-state index is 12.5. The van der Waals surface area contributed by atoms with E-state index in [0.717, 1.165) is 24.3 Å². The van der Waals surface area contributed by atoms with E-state index in [4.69, 9.17) is 0 Å². The summed E-state index contributed by atoms with van der Waals surface area (Å²) in [5.41, 5.74) is 0.282. The van der Waals surface area contributed by atoms with E-state index in [0.29, 0.717) is 6.29 Å². The van der Waals surface area contributed by atoms with E-state index >= 15 is 0 Å². The Morgan fingerprint density at radius 2 is 1.61 bits per heavy atom. The van der Waals surface area contributed by atoms with Crippen LogP contribution in [0.25, 0.3) is 0 Å². The van der Waals surface area contributed by atoms with Crippen LogP contribution in [0.4, 0.5) is 22.0 Å². The van der Waals surface area contributed by atoms with E-state index in [-0.39, 0.29) is 5.56 Å². The van der Waals surface area contributed by atoms with Gasteiger partial charge in [-0.15, -0.1) is 0 Å². The summed E-state index contributed by atoms with van der Waals surface area (Å²) in [7, 11) is 0. The zero-order valence-electron chi connectivity index (χ0n) is 8.59. The van der Waals surface area contributed by atoms with E-state index in [9.17, 15) is 26.7 Å². The molecule has 1 aromatic carbocycles. The predicted octanol–water partition coefficient (Wildman–Crippen LogP) is 2.77. The number of ether oxygens (including phenoxy) is 1. The molecule has 0 amide bonds. The average molecular weight is 264 g/mol. The smallest absolute Gasteiger partial charge is 0.426 e. The van der Waals surface area contributed by atoms with E-state index in [2.05, 4.69) is 16.6 Å². The number of alkyl halides is 5. The molecule has 0 spiro atoms. The third-order valence-corrected chi connectivity index (χ3v) is 1.71. The molecule has 0 saturated carbocycles. The lowest BCUT2D eigenvalue weighted by atomic mass is 10.2. The maximum Gasteiger partial charge on any atom is 0.499 e. The molecule has 0 aromatic heterocycles. The van der Waals surface area contributed by atoms with Crippen molar-refractivity contribution in [3.63, 3.8) is 0 Å². The van der Waals surface area contributed by atoms with Crippen LogP contribution in [0.1, 0.15) is 5.56 Å². The van der Waals surface area contributed by atoms with Crippen molar-refractivity contribution in [2.75, 3.05) is 0 Å². The molecule has 0 aliphatic heterocycles. The molecule has 0 aliphatic rings. The second-order valence-corrected chi connectivity index (χ2v) is 3.03. The maximum atomic E-state index is 12.5. The van der Waals surface area contributed by atoms with Crippen LogP contribution in [0.15, 0.2) is 24.3 Å². The van der Waals surface area contributed by atoms with Crippen molar-refractivity contribution in [2.24, 2.45) is 0 Å². The van der Waals surface area contributed by atoms with Crippen LogP contribution in [0.3, 0.4) is 0 Å². The van der Waals surface area contributed by atoms with Crippen molar-refractivity contribution in [2.45, 2.75) is 12.3 Å². The van der Waals surface area contributed by atoms with Gasteiger partial charge < -0.3 is 4.74 Å². The highest BCUT2D eigenvalue weighted by Crippen LogP contribution is 2.37. The van der Waals surface area contributed by atoms with Gasteiger partial charge in [0, 0.05) is 5.56 Å². The molecule has 0 aliphatic carbocycles. The van der Waals surface area contributed by atoms with Crippen LogP contribution in [-0.2, 0) is 4.79 Å². The molecular weight excluding hydrogens is 259 g/mol. The van der Waals surface area contributed by atoms with Crippen molar-refractivity contribution >= 4 is 6.29 Å². The molecule has 7 heteroatoms. The van der Waals surface area contributed by atoms with Gasteiger partial charge in [0.05, 0.1) is 0 Å². The minimum Gasteiger partial charge on any atom is -0.426 e. The molecule has 0 fully saturated rings. The summed E-state index contributed by atoms with van der Waals surface area (Å²) < 4.78 is 64.0. The fourth-order valence-corrected chi connectivity index (χ4v) is 0.925. The standard InChI is InChI=1S/C11H5F5O2/c12-10(13,14)11(15,16)18-9-5-3-8(4-6-9)2-1-7-17/h3-7H. The Morgan fingerprint density at radius 3 is 2.06 bits per heavy atom. The summed E-state index contributed by atoms with van der Waals surface area (Å²) in [5, 5.41) is 0. The molecule has 0 radical (unpaired) electrons. The Hall–Kier alpha value is -2.10. The molecule has 0 bridgehead atoms. The Morgan fingerprint density at radius 1 is 1.06 bits per heavy atom. The lowest BCUT2D eigenvalue weighted by Gasteiger charge is -2.19. The number of hydrogen-bond acceptors (Lipinski definition) is 2. The number of rotatable bonds is 2. The monoisotopic (exact) mass is 264 g/mol. The van der Waals surface area contributed by atoms with E-state index < -0.39 is 18.0 Å². The summed E-state index contributed by atoms with van der Waals surface area (Å²) in [6, 6.07) is 4.10.